The van der Waals surface area contributed by atoms with Gasteiger partial charge in [-0.05, 0) is 31.3 Å². The van der Waals surface area contributed by atoms with E-state index in [1.165, 1.54) is 103 Å². The monoisotopic (exact) mass is 295 g/mol. The fraction of sp³-hybridized carbons (Fsp3) is 1.00. The van der Waals surface area contributed by atoms with E-state index in [-0.39, 0.29) is 0 Å². The summed E-state index contributed by atoms with van der Waals surface area (Å²) in [5.41, 5.74) is 0. The van der Waals surface area contributed by atoms with Crippen LogP contribution in [0.3, 0.4) is 0 Å². The third-order valence-corrected chi connectivity index (χ3v) is 5.37. The van der Waals surface area contributed by atoms with Gasteiger partial charge in [-0.2, -0.15) is 0 Å². The molecule has 0 aromatic heterocycles. The number of hydrogen-bond donors (Lipinski definition) is 1. The number of unbranched alkanes of at least 4 members (excludes halogenated alkanes) is 9. The van der Waals surface area contributed by atoms with Crippen LogP contribution in [0.1, 0.15) is 104 Å². The molecular formula is C20H41N. The Morgan fingerprint density at radius 3 is 1.76 bits per heavy atom. The van der Waals surface area contributed by atoms with Crippen LogP contribution in [0.4, 0.5) is 0 Å². The van der Waals surface area contributed by atoms with Gasteiger partial charge < -0.3 is 5.32 Å². The quantitative estimate of drug-likeness (QED) is 0.370. The smallest absolute Gasteiger partial charge is 0.00174 e. The molecule has 126 valence electrons. The predicted molar refractivity (Wildman–Crippen MR) is 95.8 cm³/mol. The van der Waals surface area contributed by atoms with E-state index in [1.54, 1.807) is 0 Å². The van der Waals surface area contributed by atoms with Gasteiger partial charge in [0.2, 0.25) is 0 Å². The van der Waals surface area contributed by atoms with Gasteiger partial charge in [0.15, 0.2) is 0 Å². The van der Waals surface area contributed by atoms with Crippen molar-refractivity contribution in [2.75, 3.05) is 13.1 Å². The summed E-state index contributed by atoms with van der Waals surface area (Å²) in [5.74, 6) is 2.01. The van der Waals surface area contributed by atoms with Crippen molar-refractivity contribution in [3.05, 3.63) is 0 Å². The minimum atomic E-state index is 0.992. The van der Waals surface area contributed by atoms with Gasteiger partial charge in [-0.3, -0.25) is 0 Å². The minimum Gasteiger partial charge on any atom is -0.316 e. The molecule has 0 bridgehead atoms. The third-order valence-electron chi connectivity index (χ3n) is 5.37. The predicted octanol–water partition coefficient (Wildman–Crippen LogP) is 6.32. The van der Waals surface area contributed by atoms with Crippen LogP contribution in [-0.4, -0.2) is 13.1 Å². The molecule has 1 aliphatic heterocycles. The SMILES string of the molecule is CCCCCCCCC(CCCCCCC)C1CCNC1. The van der Waals surface area contributed by atoms with Crippen molar-refractivity contribution in [3.8, 4) is 0 Å². The molecule has 0 aromatic rings. The van der Waals surface area contributed by atoms with Gasteiger partial charge in [0.1, 0.15) is 0 Å². The first-order valence-electron chi connectivity index (χ1n) is 10.1. The van der Waals surface area contributed by atoms with Crippen molar-refractivity contribution in [1.29, 1.82) is 0 Å². The first-order chi connectivity index (χ1) is 10.4. The van der Waals surface area contributed by atoms with Gasteiger partial charge in [0, 0.05) is 0 Å². The normalized spacial score (nSPS) is 20.0. The average Bonchev–Trinajstić information content (AvgIpc) is 3.02. The van der Waals surface area contributed by atoms with Gasteiger partial charge in [0.05, 0.1) is 0 Å². The molecule has 0 radical (unpaired) electrons. The van der Waals surface area contributed by atoms with Crippen molar-refractivity contribution in [3.63, 3.8) is 0 Å². The second kappa shape index (κ2) is 13.6. The molecular weight excluding hydrogens is 254 g/mol. The summed E-state index contributed by atoms with van der Waals surface area (Å²) in [7, 11) is 0. The second-order valence-electron chi connectivity index (χ2n) is 7.27. The number of rotatable bonds is 14. The van der Waals surface area contributed by atoms with Gasteiger partial charge in [0.25, 0.3) is 0 Å². The molecule has 0 amide bonds. The molecule has 2 unspecified atom stereocenters. The summed E-state index contributed by atoms with van der Waals surface area (Å²) in [6.07, 6.45) is 20.4. The Balaban J connectivity index is 2.12. The number of nitrogens with one attached hydrogen (secondary N) is 1. The Labute approximate surface area is 134 Å². The Morgan fingerprint density at radius 1 is 0.762 bits per heavy atom. The average molecular weight is 296 g/mol. The maximum Gasteiger partial charge on any atom is -0.00174 e. The van der Waals surface area contributed by atoms with Crippen molar-refractivity contribution in [1.82, 2.24) is 5.32 Å². The van der Waals surface area contributed by atoms with E-state index < -0.39 is 0 Å². The highest BCUT2D eigenvalue weighted by Crippen LogP contribution is 2.29. The lowest BCUT2D eigenvalue weighted by Gasteiger charge is -2.23. The van der Waals surface area contributed by atoms with E-state index in [9.17, 15) is 0 Å². The summed E-state index contributed by atoms with van der Waals surface area (Å²) in [6.45, 7) is 7.19. The molecule has 1 fully saturated rings. The first kappa shape index (κ1) is 19.0. The molecule has 0 saturated carbocycles. The van der Waals surface area contributed by atoms with Crippen LogP contribution in [0.2, 0.25) is 0 Å². The Bertz CT molecular complexity index is 208. The van der Waals surface area contributed by atoms with Gasteiger partial charge >= 0.3 is 0 Å². The maximum absolute atomic E-state index is 3.58. The fourth-order valence-corrected chi connectivity index (χ4v) is 3.89. The third kappa shape index (κ3) is 9.55. The molecule has 21 heavy (non-hydrogen) atoms. The summed E-state index contributed by atoms with van der Waals surface area (Å²) in [5, 5.41) is 3.58. The van der Waals surface area contributed by atoms with Crippen LogP contribution in [-0.2, 0) is 0 Å². The highest BCUT2D eigenvalue weighted by atomic mass is 14.9. The lowest BCUT2D eigenvalue weighted by molar-refractivity contribution is 0.294. The Hall–Kier alpha value is -0.0400. The largest absolute Gasteiger partial charge is 0.316 e. The summed E-state index contributed by atoms with van der Waals surface area (Å²) in [6, 6.07) is 0. The van der Waals surface area contributed by atoms with E-state index in [1.807, 2.05) is 0 Å². The zero-order valence-corrected chi connectivity index (χ0v) is 15.0. The fourth-order valence-electron chi connectivity index (χ4n) is 3.89. The van der Waals surface area contributed by atoms with Gasteiger partial charge in [-0.15, -0.1) is 0 Å². The van der Waals surface area contributed by atoms with Crippen LogP contribution in [0, 0.1) is 11.8 Å². The van der Waals surface area contributed by atoms with Crippen LogP contribution >= 0.6 is 0 Å². The topological polar surface area (TPSA) is 12.0 Å². The summed E-state index contributed by atoms with van der Waals surface area (Å²) >= 11 is 0. The van der Waals surface area contributed by atoms with E-state index in [0.29, 0.717) is 0 Å². The van der Waals surface area contributed by atoms with Crippen molar-refractivity contribution >= 4 is 0 Å². The molecule has 1 aliphatic rings. The van der Waals surface area contributed by atoms with E-state index >= 15 is 0 Å². The standard InChI is InChI=1S/C20H41N/c1-3-5-7-9-11-13-15-19(20-16-17-21-18-20)14-12-10-8-6-4-2/h19-21H,3-18H2,1-2H3. The van der Waals surface area contributed by atoms with Crippen LogP contribution in [0.5, 0.6) is 0 Å². The van der Waals surface area contributed by atoms with Crippen molar-refractivity contribution < 1.29 is 0 Å². The number of hydrogen-bond acceptors (Lipinski definition) is 1. The lowest BCUT2D eigenvalue weighted by Crippen LogP contribution is -2.18. The van der Waals surface area contributed by atoms with Crippen LogP contribution in [0.25, 0.3) is 0 Å². The zero-order chi connectivity index (χ0) is 15.2. The molecule has 1 rings (SSSR count). The maximum atomic E-state index is 3.58. The van der Waals surface area contributed by atoms with Gasteiger partial charge in [-0.25, -0.2) is 0 Å². The molecule has 2 atom stereocenters. The molecule has 1 heteroatoms. The first-order valence-corrected chi connectivity index (χ1v) is 10.1. The van der Waals surface area contributed by atoms with Crippen molar-refractivity contribution in [2.45, 2.75) is 104 Å². The minimum absolute atomic E-state index is 0.992. The van der Waals surface area contributed by atoms with Crippen LogP contribution in [0.15, 0.2) is 0 Å². The molecule has 1 heterocycles. The Kier molecular flexibility index (Phi) is 12.3. The van der Waals surface area contributed by atoms with E-state index in [0.717, 1.165) is 11.8 Å². The van der Waals surface area contributed by atoms with Crippen molar-refractivity contribution in [2.24, 2.45) is 11.8 Å². The summed E-state index contributed by atoms with van der Waals surface area (Å²) < 4.78 is 0. The highest BCUT2D eigenvalue weighted by Gasteiger charge is 2.23. The molecule has 1 saturated heterocycles. The molecule has 0 aliphatic carbocycles. The molecule has 1 N–H and O–H groups in total. The van der Waals surface area contributed by atoms with E-state index in [4.69, 9.17) is 0 Å². The Morgan fingerprint density at radius 2 is 1.29 bits per heavy atom. The molecule has 1 nitrogen and oxygen atoms in total. The second-order valence-corrected chi connectivity index (χ2v) is 7.27. The van der Waals surface area contributed by atoms with E-state index in [2.05, 4.69) is 19.2 Å². The zero-order valence-electron chi connectivity index (χ0n) is 15.0. The van der Waals surface area contributed by atoms with Crippen LogP contribution < -0.4 is 5.32 Å². The van der Waals surface area contributed by atoms with Gasteiger partial charge in [-0.1, -0.05) is 97.3 Å². The highest BCUT2D eigenvalue weighted by molar-refractivity contribution is 4.78. The molecule has 0 spiro atoms. The summed E-state index contributed by atoms with van der Waals surface area (Å²) in [4.78, 5) is 0. The lowest BCUT2D eigenvalue weighted by atomic mass is 9.83. The molecule has 0 aromatic carbocycles.